The second-order valence-corrected chi connectivity index (χ2v) is 4.58. The normalized spacial score (nSPS) is 10.8. The molecule has 2 aromatic rings. The van der Waals surface area contributed by atoms with Crippen LogP contribution in [0.1, 0.15) is 41.4 Å². The van der Waals surface area contributed by atoms with Crippen molar-refractivity contribution in [3.05, 3.63) is 65.6 Å². The highest BCUT2D eigenvalue weighted by molar-refractivity contribution is 5.94. The molecule has 0 aliphatic rings. The predicted molar refractivity (Wildman–Crippen MR) is 80.3 cm³/mol. The Balaban J connectivity index is 1.90. The maximum Gasteiger partial charge on any atom is 0.251 e. The number of amides is 1. The zero-order chi connectivity index (χ0) is 14.2. The first-order valence-corrected chi connectivity index (χ1v) is 6.87. The minimum absolute atomic E-state index is 0.0921. The lowest BCUT2D eigenvalue weighted by Gasteiger charge is -2.03. The van der Waals surface area contributed by atoms with E-state index in [1.54, 1.807) is 12.3 Å². The minimum atomic E-state index is -0.0921. The fourth-order valence-corrected chi connectivity index (χ4v) is 1.81. The smallest absolute Gasteiger partial charge is 0.251 e. The molecule has 0 aliphatic carbocycles. The molecule has 0 unspecified atom stereocenters. The first kappa shape index (κ1) is 14.1. The van der Waals surface area contributed by atoms with Crippen LogP contribution in [0.25, 0.3) is 6.08 Å². The van der Waals surface area contributed by atoms with Crippen molar-refractivity contribution in [2.45, 2.75) is 26.3 Å². The van der Waals surface area contributed by atoms with E-state index < -0.39 is 0 Å². The van der Waals surface area contributed by atoms with Gasteiger partial charge in [0.15, 0.2) is 0 Å². The van der Waals surface area contributed by atoms with Crippen molar-refractivity contribution >= 4 is 12.0 Å². The summed E-state index contributed by atoms with van der Waals surface area (Å²) in [7, 11) is 0. The van der Waals surface area contributed by atoms with Gasteiger partial charge in [0.2, 0.25) is 0 Å². The van der Waals surface area contributed by atoms with Crippen LogP contribution < -0.4 is 5.32 Å². The summed E-state index contributed by atoms with van der Waals surface area (Å²) in [5.74, 6) is 0.656. The Labute approximate surface area is 119 Å². The largest absolute Gasteiger partial charge is 0.467 e. The number of carbonyl (C=O) groups is 1. The summed E-state index contributed by atoms with van der Waals surface area (Å²) in [4.78, 5) is 11.9. The highest BCUT2D eigenvalue weighted by atomic mass is 16.3. The Hall–Kier alpha value is -2.29. The molecule has 1 aromatic heterocycles. The number of allylic oxidation sites excluding steroid dienone is 1. The van der Waals surface area contributed by atoms with Gasteiger partial charge in [-0.05, 0) is 36.2 Å². The summed E-state index contributed by atoms with van der Waals surface area (Å²) in [6.07, 6.45) is 8.04. The number of carbonyl (C=O) groups excluding carboxylic acids is 1. The van der Waals surface area contributed by atoms with E-state index in [0.29, 0.717) is 12.1 Å². The number of benzene rings is 1. The van der Waals surface area contributed by atoms with Crippen LogP contribution in [-0.2, 0) is 6.54 Å². The standard InChI is InChI=1S/C17H19NO2/c1-2-3-4-6-14-8-10-15(11-9-14)17(19)18-13-16-7-5-12-20-16/h4-12H,2-3,13H2,1H3,(H,18,19). The van der Waals surface area contributed by atoms with Crippen LogP contribution >= 0.6 is 0 Å². The molecule has 0 atom stereocenters. The van der Waals surface area contributed by atoms with E-state index >= 15 is 0 Å². The number of hydrogen-bond donors (Lipinski definition) is 1. The molecule has 0 saturated carbocycles. The van der Waals surface area contributed by atoms with Gasteiger partial charge in [0.25, 0.3) is 5.91 Å². The average Bonchev–Trinajstić information content (AvgIpc) is 2.99. The fraction of sp³-hybridized carbons (Fsp3) is 0.235. The third kappa shape index (κ3) is 4.12. The molecule has 3 nitrogen and oxygen atoms in total. The quantitative estimate of drug-likeness (QED) is 0.860. The molecule has 1 aromatic carbocycles. The Morgan fingerprint density at radius 1 is 1.25 bits per heavy atom. The minimum Gasteiger partial charge on any atom is -0.467 e. The van der Waals surface area contributed by atoms with Crippen LogP contribution in [0.2, 0.25) is 0 Å². The molecule has 1 amide bonds. The van der Waals surface area contributed by atoms with Crippen molar-refractivity contribution in [1.82, 2.24) is 5.32 Å². The van der Waals surface area contributed by atoms with Crippen molar-refractivity contribution in [1.29, 1.82) is 0 Å². The van der Waals surface area contributed by atoms with Gasteiger partial charge in [0, 0.05) is 5.56 Å². The number of hydrogen-bond acceptors (Lipinski definition) is 2. The summed E-state index contributed by atoms with van der Waals surface area (Å²) in [6, 6.07) is 11.2. The van der Waals surface area contributed by atoms with Crippen LogP contribution in [0.15, 0.2) is 53.2 Å². The average molecular weight is 269 g/mol. The van der Waals surface area contributed by atoms with Gasteiger partial charge in [-0.25, -0.2) is 0 Å². The molecule has 104 valence electrons. The molecular weight excluding hydrogens is 250 g/mol. The van der Waals surface area contributed by atoms with Crippen LogP contribution in [0.5, 0.6) is 0 Å². The van der Waals surface area contributed by atoms with Gasteiger partial charge in [-0.3, -0.25) is 4.79 Å². The van der Waals surface area contributed by atoms with Gasteiger partial charge in [-0.2, -0.15) is 0 Å². The van der Waals surface area contributed by atoms with E-state index in [1.165, 1.54) is 0 Å². The van der Waals surface area contributed by atoms with Gasteiger partial charge in [-0.15, -0.1) is 0 Å². The molecule has 0 bridgehead atoms. The van der Waals surface area contributed by atoms with Gasteiger partial charge in [0.05, 0.1) is 12.8 Å². The third-order valence-corrected chi connectivity index (χ3v) is 2.94. The van der Waals surface area contributed by atoms with E-state index in [1.807, 2.05) is 30.3 Å². The van der Waals surface area contributed by atoms with Gasteiger partial charge >= 0.3 is 0 Å². The Kier molecular flexibility index (Phi) is 5.18. The molecular formula is C17H19NO2. The van der Waals surface area contributed by atoms with Crippen molar-refractivity contribution < 1.29 is 9.21 Å². The van der Waals surface area contributed by atoms with Crippen molar-refractivity contribution in [3.63, 3.8) is 0 Å². The molecule has 0 saturated heterocycles. The Morgan fingerprint density at radius 2 is 2.05 bits per heavy atom. The van der Waals surface area contributed by atoms with Crippen LogP contribution in [0.4, 0.5) is 0 Å². The van der Waals surface area contributed by atoms with Crippen LogP contribution in [-0.4, -0.2) is 5.91 Å². The van der Waals surface area contributed by atoms with E-state index in [0.717, 1.165) is 24.2 Å². The molecule has 0 spiro atoms. The van der Waals surface area contributed by atoms with E-state index in [2.05, 4.69) is 24.4 Å². The molecule has 2 rings (SSSR count). The lowest BCUT2D eigenvalue weighted by molar-refractivity contribution is 0.0948. The van der Waals surface area contributed by atoms with Crippen molar-refractivity contribution in [2.24, 2.45) is 0 Å². The second-order valence-electron chi connectivity index (χ2n) is 4.58. The summed E-state index contributed by atoms with van der Waals surface area (Å²) in [5.41, 5.74) is 1.77. The first-order valence-electron chi connectivity index (χ1n) is 6.87. The Morgan fingerprint density at radius 3 is 2.70 bits per heavy atom. The monoisotopic (exact) mass is 269 g/mol. The highest BCUT2D eigenvalue weighted by Crippen LogP contribution is 2.08. The molecule has 1 N–H and O–H groups in total. The van der Waals surface area contributed by atoms with Crippen molar-refractivity contribution in [3.8, 4) is 0 Å². The van der Waals surface area contributed by atoms with Crippen molar-refractivity contribution in [2.75, 3.05) is 0 Å². The molecule has 0 fully saturated rings. The maximum atomic E-state index is 11.9. The number of nitrogens with one attached hydrogen (secondary N) is 1. The SMILES string of the molecule is CCCC=Cc1ccc(C(=O)NCc2ccco2)cc1. The van der Waals surface area contributed by atoms with Crippen LogP contribution in [0, 0.1) is 0 Å². The summed E-state index contributed by atoms with van der Waals surface area (Å²) < 4.78 is 5.17. The second kappa shape index (κ2) is 7.34. The number of rotatable bonds is 6. The number of furan rings is 1. The van der Waals surface area contributed by atoms with E-state index in [-0.39, 0.29) is 5.91 Å². The van der Waals surface area contributed by atoms with E-state index in [9.17, 15) is 4.79 Å². The van der Waals surface area contributed by atoms with E-state index in [4.69, 9.17) is 4.42 Å². The van der Waals surface area contributed by atoms with Gasteiger partial charge in [-0.1, -0.05) is 37.6 Å². The zero-order valence-electron chi connectivity index (χ0n) is 11.6. The van der Waals surface area contributed by atoms with Gasteiger partial charge < -0.3 is 9.73 Å². The zero-order valence-corrected chi connectivity index (χ0v) is 11.6. The predicted octanol–water partition coefficient (Wildman–Crippen LogP) is 4.02. The summed E-state index contributed by atoms with van der Waals surface area (Å²) in [6.45, 7) is 2.56. The summed E-state index contributed by atoms with van der Waals surface area (Å²) >= 11 is 0. The lowest BCUT2D eigenvalue weighted by Crippen LogP contribution is -2.22. The molecule has 0 radical (unpaired) electrons. The third-order valence-electron chi connectivity index (χ3n) is 2.94. The fourth-order valence-electron chi connectivity index (χ4n) is 1.81. The van der Waals surface area contributed by atoms with Gasteiger partial charge in [0.1, 0.15) is 5.76 Å². The molecule has 20 heavy (non-hydrogen) atoms. The first-order chi connectivity index (χ1) is 9.79. The van der Waals surface area contributed by atoms with Crippen LogP contribution in [0.3, 0.4) is 0 Å². The Bertz CT molecular complexity index is 553. The molecule has 0 aliphatic heterocycles. The summed E-state index contributed by atoms with van der Waals surface area (Å²) in [5, 5.41) is 2.82. The number of unbranched alkanes of at least 4 members (excludes halogenated alkanes) is 1. The molecule has 1 heterocycles. The lowest BCUT2D eigenvalue weighted by atomic mass is 10.1. The highest BCUT2D eigenvalue weighted by Gasteiger charge is 2.05. The maximum absolute atomic E-state index is 11.9. The topological polar surface area (TPSA) is 42.2 Å². The molecule has 3 heteroatoms.